The third-order valence-electron chi connectivity index (χ3n) is 4.09. The predicted octanol–water partition coefficient (Wildman–Crippen LogP) is 2.22. The maximum atomic E-state index is 5.80. The Morgan fingerprint density at radius 1 is 1.32 bits per heavy atom. The third kappa shape index (κ3) is 5.78. The van der Waals surface area contributed by atoms with Gasteiger partial charge in [-0.3, -0.25) is 0 Å². The van der Waals surface area contributed by atoms with Crippen LogP contribution in [0.1, 0.15) is 40.0 Å². The highest BCUT2D eigenvalue weighted by Gasteiger charge is 2.40. The van der Waals surface area contributed by atoms with Crippen LogP contribution in [0, 0.1) is 5.41 Å². The molecule has 1 rings (SSSR count). The first-order valence-corrected chi connectivity index (χ1v) is 7.52. The number of hydrogen-bond donors (Lipinski definition) is 1. The van der Waals surface area contributed by atoms with Gasteiger partial charge in [-0.15, -0.1) is 0 Å². The van der Waals surface area contributed by atoms with Crippen molar-refractivity contribution in [2.24, 2.45) is 5.41 Å². The molecule has 2 atom stereocenters. The van der Waals surface area contributed by atoms with Crippen molar-refractivity contribution in [1.29, 1.82) is 0 Å². The van der Waals surface area contributed by atoms with Crippen molar-refractivity contribution in [2.45, 2.75) is 52.2 Å². The van der Waals surface area contributed by atoms with Crippen molar-refractivity contribution >= 4 is 0 Å². The zero-order valence-electron chi connectivity index (χ0n) is 13.0. The molecule has 0 spiro atoms. The molecule has 1 heterocycles. The van der Waals surface area contributed by atoms with Crippen LogP contribution in [0.2, 0.25) is 0 Å². The molecule has 1 fully saturated rings. The summed E-state index contributed by atoms with van der Waals surface area (Å²) in [7, 11) is 1.70. The maximum Gasteiger partial charge on any atom is 0.0700 e. The smallest absolute Gasteiger partial charge is 0.0700 e. The summed E-state index contributed by atoms with van der Waals surface area (Å²) in [6.07, 6.45) is 3.77. The zero-order chi connectivity index (χ0) is 14.1. The van der Waals surface area contributed by atoms with Crippen LogP contribution in [0.5, 0.6) is 0 Å². The van der Waals surface area contributed by atoms with Crippen molar-refractivity contribution in [3.63, 3.8) is 0 Å². The highest BCUT2D eigenvalue weighted by Crippen LogP contribution is 2.38. The van der Waals surface area contributed by atoms with Gasteiger partial charge in [-0.1, -0.05) is 13.8 Å². The Hall–Kier alpha value is -0.160. The van der Waals surface area contributed by atoms with E-state index in [4.69, 9.17) is 14.2 Å². The van der Waals surface area contributed by atoms with Crippen molar-refractivity contribution < 1.29 is 14.2 Å². The van der Waals surface area contributed by atoms with E-state index >= 15 is 0 Å². The second kappa shape index (κ2) is 8.90. The fourth-order valence-electron chi connectivity index (χ4n) is 2.65. The molecular weight excluding hydrogens is 242 g/mol. The molecule has 0 radical (unpaired) electrons. The summed E-state index contributed by atoms with van der Waals surface area (Å²) in [4.78, 5) is 0. The molecule has 0 aromatic heterocycles. The van der Waals surface area contributed by atoms with Crippen LogP contribution in [-0.4, -0.2) is 52.2 Å². The normalized spacial score (nSPS) is 27.3. The maximum absolute atomic E-state index is 5.80. The Labute approximate surface area is 118 Å². The Balaban J connectivity index is 2.29. The van der Waals surface area contributed by atoms with Gasteiger partial charge in [0.05, 0.1) is 19.3 Å². The Bertz CT molecular complexity index is 235. The molecule has 0 bridgehead atoms. The van der Waals surface area contributed by atoms with Crippen LogP contribution >= 0.6 is 0 Å². The van der Waals surface area contributed by atoms with Gasteiger partial charge in [-0.05, 0) is 26.2 Å². The molecule has 0 aliphatic carbocycles. The van der Waals surface area contributed by atoms with Crippen LogP contribution in [0.3, 0.4) is 0 Å². The van der Waals surface area contributed by atoms with Gasteiger partial charge in [0.25, 0.3) is 0 Å². The van der Waals surface area contributed by atoms with Gasteiger partial charge in [-0.2, -0.15) is 0 Å². The largest absolute Gasteiger partial charge is 0.382 e. The molecule has 0 amide bonds. The standard InChI is InChI=1S/C15H31NO3/c1-13(2)16-12-15(7-9-19-14(15)3)6-5-8-18-11-10-17-4/h13-14,16H,5-12H2,1-4H3. The minimum absolute atomic E-state index is 0.287. The first kappa shape index (κ1) is 16.9. The van der Waals surface area contributed by atoms with E-state index in [0.717, 1.165) is 32.6 Å². The monoisotopic (exact) mass is 273 g/mol. The van der Waals surface area contributed by atoms with E-state index in [1.165, 1.54) is 6.42 Å². The molecule has 4 heteroatoms. The second-order valence-corrected chi connectivity index (χ2v) is 5.87. The van der Waals surface area contributed by atoms with Crippen molar-refractivity contribution in [3.8, 4) is 0 Å². The average Bonchev–Trinajstić information content (AvgIpc) is 2.73. The van der Waals surface area contributed by atoms with E-state index in [9.17, 15) is 0 Å². The molecule has 19 heavy (non-hydrogen) atoms. The SMILES string of the molecule is COCCOCCCC1(CNC(C)C)CCOC1C. The molecule has 0 saturated carbocycles. The first-order chi connectivity index (χ1) is 9.10. The lowest BCUT2D eigenvalue weighted by atomic mass is 9.77. The van der Waals surface area contributed by atoms with Gasteiger partial charge >= 0.3 is 0 Å². The van der Waals surface area contributed by atoms with Crippen LogP contribution in [0.15, 0.2) is 0 Å². The molecule has 1 N–H and O–H groups in total. The van der Waals surface area contributed by atoms with Gasteiger partial charge < -0.3 is 19.5 Å². The lowest BCUT2D eigenvalue weighted by Crippen LogP contribution is -2.42. The summed E-state index contributed by atoms with van der Waals surface area (Å²) in [6.45, 7) is 10.7. The summed E-state index contributed by atoms with van der Waals surface area (Å²) >= 11 is 0. The predicted molar refractivity (Wildman–Crippen MR) is 77.5 cm³/mol. The van der Waals surface area contributed by atoms with Gasteiger partial charge in [0.1, 0.15) is 0 Å². The molecule has 0 aromatic rings. The molecule has 0 aromatic carbocycles. The number of nitrogens with one attached hydrogen (secondary N) is 1. The summed E-state index contributed by atoms with van der Waals surface area (Å²) < 4.78 is 16.3. The Morgan fingerprint density at radius 2 is 2.11 bits per heavy atom. The number of ether oxygens (including phenoxy) is 3. The Kier molecular flexibility index (Phi) is 7.91. The molecule has 4 nitrogen and oxygen atoms in total. The van der Waals surface area contributed by atoms with E-state index < -0.39 is 0 Å². The first-order valence-electron chi connectivity index (χ1n) is 7.52. The van der Waals surface area contributed by atoms with Gasteiger partial charge in [0.2, 0.25) is 0 Å². The number of rotatable bonds is 10. The second-order valence-electron chi connectivity index (χ2n) is 5.87. The summed E-state index contributed by atoms with van der Waals surface area (Å²) in [5, 5.41) is 3.58. The fraction of sp³-hybridized carbons (Fsp3) is 1.00. The van der Waals surface area contributed by atoms with Crippen molar-refractivity contribution in [3.05, 3.63) is 0 Å². The summed E-state index contributed by atoms with van der Waals surface area (Å²) in [5.74, 6) is 0. The molecule has 1 saturated heterocycles. The third-order valence-corrected chi connectivity index (χ3v) is 4.09. The lowest BCUT2D eigenvalue weighted by Gasteiger charge is -2.33. The van der Waals surface area contributed by atoms with Gasteiger partial charge in [0, 0.05) is 38.3 Å². The van der Waals surface area contributed by atoms with E-state index in [1.807, 2.05) is 0 Å². The number of hydrogen-bond acceptors (Lipinski definition) is 4. The lowest BCUT2D eigenvalue weighted by molar-refractivity contribution is 0.0399. The van der Waals surface area contributed by atoms with Crippen LogP contribution in [0.4, 0.5) is 0 Å². The average molecular weight is 273 g/mol. The van der Waals surface area contributed by atoms with E-state index in [-0.39, 0.29) is 5.41 Å². The van der Waals surface area contributed by atoms with E-state index in [0.29, 0.717) is 25.4 Å². The van der Waals surface area contributed by atoms with E-state index in [1.54, 1.807) is 7.11 Å². The van der Waals surface area contributed by atoms with Crippen molar-refractivity contribution in [1.82, 2.24) is 5.32 Å². The topological polar surface area (TPSA) is 39.7 Å². The molecule has 1 aliphatic heterocycles. The summed E-state index contributed by atoms with van der Waals surface area (Å²) in [6, 6.07) is 0.530. The highest BCUT2D eigenvalue weighted by atomic mass is 16.5. The molecule has 1 aliphatic rings. The number of methoxy groups -OCH3 is 1. The van der Waals surface area contributed by atoms with Crippen LogP contribution in [0.25, 0.3) is 0 Å². The van der Waals surface area contributed by atoms with Gasteiger partial charge in [-0.25, -0.2) is 0 Å². The fourth-order valence-corrected chi connectivity index (χ4v) is 2.65. The van der Waals surface area contributed by atoms with E-state index in [2.05, 4.69) is 26.1 Å². The zero-order valence-corrected chi connectivity index (χ0v) is 13.0. The van der Waals surface area contributed by atoms with Crippen LogP contribution < -0.4 is 5.32 Å². The highest BCUT2D eigenvalue weighted by molar-refractivity contribution is 4.91. The summed E-state index contributed by atoms with van der Waals surface area (Å²) in [5.41, 5.74) is 0.287. The Morgan fingerprint density at radius 3 is 2.68 bits per heavy atom. The minimum Gasteiger partial charge on any atom is -0.382 e. The molecular formula is C15H31NO3. The van der Waals surface area contributed by atoms with Gasteiger partial charge in [0.15, 0.2) is 0 Å². The quantitative estimate of drug-likeness (QED) is 0.620. The minimum atomic E-state index is 0.287. The molecule has 114 valence electrons. The molecule has 2 unspecified atom stereocenters. The van der Waals surface area contributed by atoms with Crippen LogP contribution in [-0.2, 0) is 14.2 Å². The van der Waals surface area contributed by atoms with Crippen molar-refractivity contribution in [2.75, 3.05) is 40.1 Å².